The van der Waals surface area contributed by atoms with Crippen molar-refractivity contribution in [2.75, 3.05) is 32.7 Å². The highest BCUT2D eigenvalue weighted by atomic mass is 19.1. The lowest BCUT2D eigenvalue weighted by Crippen LogP contribution is -2.54. The van der Waals surface area contributed by atoms with Gasteiger partial charge < -0.3 is 20.1 Å². The van der Waals surface area contributed by atoms with Crippen LogP contribution in [0.1, 0.15) is 40.0 Å². The number of carboxylic acids is 1. The number of carbonyl (C=O) groups is 4. The second-order valence-electron chi connectivity index (χ2n) is 9.39. The van der Waals surface area contributed by atoms with E-state index in [4.69, 9.17) is 4.74 Å². The third-order valence-electron chi connectivity index (χ3n) is 5.85. The van der Waals surface area contributed by atoms with Crippen LogP contribution in [-0.4, -0.2) is 89.2 Å². The van der Waals surface area contributed by atoms with Gasteiger partial charge >= 0.3 is 12.1 Å². The number of nitrogens with zero attached hydrogens (tertiary/aromatic N) is 2. The molecule has 3 rings (SSSR count). The predicted octanol–water partition coefficient (Wildman–Crippen LogP) is 0.941. The van der Waals surface area contributed by atoms with Crippen molar-refractivity contribution < 1.29 is 33.4 Å². The van der Waals surface area contributed by atoms with Crippen LogP contribution < -0.4 is 10.6 Å². The first kappa shape index (κ1) is 24.8. The van der Waals surface area contributed by atoms with E-state index in [1.165, 1.54) is 6.08 Å². The fourth-order valence-electron chi connectivity index (χ4n) is 4.15. The highest BCUT2D eigenvalue weighted by Gasteiger charge is 2.35. The number of hydrogen-bond acceptors (Lipinski definition) is 7. The van der Waals surface area contributed by atoms with E-state index in [-0.39, 0.29) is 42.9 Å². The average Bonchev–Trinajstić information content (AvgIpc) is 2.72. The minimum absolute atomic E-state index is 0.00183. The molecule has 33 heavy (non-hydrogen) atoms. The quantitative estimate of drug-likeness (QED) is 0.511. The Morgan fingerprint density at radius 1 is 1.24 bits per heavy atom. The highest BCUT2D eigenvalue weighted by molar-refractivity contribution is 6.00. The number of halogens is 1. The lowest BCUT2D eigenvalue weighted by Gasteiger charge is -2.40. The maximum Gasteiger partial charge on any atom is 0.410 e. The molecular formula is C22H31FN4O6. The molecule has 3 N–H and O–H groups in total. The number of imide groups is 1. The van der Waals surface area contributed by atoms with Crippen LogP contribution in [0.25, 0.3) is 0 Å². The van der Waals surface area contributed by atoms with Crippen molar-refractivity contribution in [3.63, 3.8) is 0 Å². The summed E-state index contributed by atoms with van der Waals surface area (Å²) in [4.78, 5) is 50.7. The molecule has 0 aromatic carbocycles. The summed E-state index contributed by atoms with van der Waals surface area (Å²) in [5, 5.41) is 14.7. The summed E-state index contributed by atoms with van der Waals surface area (Å²) in [6.45, 7) is 6.81. The first-order valence-corrected chi connectivity index (χ1v) is 11.1. The maximum atomic E-state index is 15.5. The summed E-state index contributed by atoms with van der Waals surface area (Å²) in [5.74, 6) is -2.66. The summed E-state index contributed by atoms with van der Waals surface area (Å²) < 4.78 is 20.9. The smallest absolute Gasteiger partial charge is 0.410 e. The van der Waals surface area contributed by atoms with Gasteiger partial charge in [0, 0.05) is 44.7 Å². The molecule has 10 nitrogen and oxygen atoms in total. The molecule has 2 aliphatic heterocycles. The SMILES string of the molecule is CC(C)(C)OC(=O)N1CCN(C2CC=C(C(=O)O)C(CNC3CCC(=O)NC3=O)=C2F)CC1. The van der Waals surface area contributed by atoms with Crippen molar-refractivity contribution in [2.24, 2.45) is 0 Å². The third kappa shape index (κ3) is 6.17. The number of nitrogens with one attached hydrogen (secondary N) is 2. The summed E-state index contributed by atoms with van der Waals surface area (Å²) in [5.41, 5.74) is -0.733. The van der Waals surface area contributed by atoms with Crippen LogP contribution in [0.5, 0.6) is 0 Å². The van der Waals surface area contributed by atoms with Crippen LogP contribution in [-0.2, 0) is 19.1 Å². The van der Waals surface area contributed by atoms with E-state index >= 15 is 4.39 Å². The zero-order valence-corrected chi connectivity index (χ0v) is 19.1. The number of amides is 3. The Labute approximate surface area is 191 Å². The van der Waals surface area contributed by atoms with Gasteiger partial charge in [-0.2, -0.15) is 0 Å². The average molecular weight is 467 g/mol. The molecule has 11 heteroatoms. The number of carboxylic acid groups (broad SMARTS) is 1. The molecule has 0 saturated carbocycles. The van der Waals surface area contributed by atoms with Gasteiger partial charge in [-0.3, -0.25) is 19.8 Å². The Bertz CT molecular complexity index is 886. The molecule has 182 valence electrons. The Morgan fingerprint density at radius 3 is 2.48 bits per heavy atom. The van der Waals surface area contributed by atoms with Crippen LogP contribution in [0, 0.1) is 0 Å². The largest absolute Gasteiger partial charge is 0.478 e. The van der Waals surface area contributed by atoms with Crippen LogP contribution in [0.3, 0.4) is 0 Å². The van der Waals surface area contributed by atoms with Gasteiger partial charge in [-0.05, 0) is 33.6 Å². The Hall–Kier alpha value is -2.79. The van der Waals surface area contributed by atoms with Crippen molar-refractivity contribution in [2.45, 2.75) is 57.7 Å². The highest BCUT2D eigenvalue weighted by Crippen LogP contribution is 2.31. The minimum Gasteiger partial charge on any atom is -0.478 e. The van der Waals surface area contributed by atoms with Crippen molar-refractivity contribution in [1.29, 1.82) is 0 Å². The van der Waals surface area contributed by atoms with Crippen LogP contribution in [0.15, 0.2) is 23.0 Å². The van der Waals surface area contributed by atoms with Gasteiger partial charge in [0.05, 0.1) is 17.7 Å². The number of piperazine rings is 1. The molecule has 1 aliphatic carbocycles. The van der Waals surface area contributed by atoms with E-state index < -0.39 is 41.5 Å². The molecule has 0 radical (unpaired) electrons. The summed E-state index contributed by atoms with van der Waals surface area (Å²) in [6, 6.07) is -1.34. The van der Waals surface area contributed by atoms with E-state index in [0.717, 1.165) is 0 Å². The van der Waals surface area contributed by atoms with Crippen LogP contribution in [0.2, 0.25) is 0 Å². The van der Waals surface area contributed by atoms with Gasteiger partial charge in [-0.1, -0.05) is 6.08 Å². The molecular weight excluding hydrogens is 435 g/mol. The fraction of sp³-hybridized carbons (Fsp3) is 0.636. The van der Waals surface area contributed by atoms with E-state index in [0.29, 0.717) is 26.2 Å². The second kappa shape index (κ2) is 10.0. The molecule has 2 fully saturated rings. The molecule has 3 aliphatic rings. The lowest BCUT2D eigenvalue weighted by atomic mass is 9.91. The molecule has 0 aromatic heterocycles. The first-order chi connectivity index (χ1) is 15.5. The van der Waals surface area contributed by atoms with Crippen molar-refractivity contribution in [3.8, 4) is 0 Å². The van der Waals surface area contributed by atoms with E-state index in [2.05, 4.69) is 10.6 Å². The summed E-state index contributed by atoms with van der Waals surface area (Å²) >= 11 is 0. The third-order valence-corrected chi connectivity index (χ3v) is 5.85. The predicted molar refractivity (Wildman–Crippen MR) is 116 cm³/mol. The van der Waals surface area contributed by atoms with Gasteiger partial charge in [0.15, 0.2) is 0 Å². The minimum atomic E-state index is -1.24. The summed E-state index contributed by atoms with van der Waals surface area (Å²) in [6.07, 6.45) is 1.71. The van der Waals surface area contributed by atoms with Crippen molar-refractivity contribution >= 4 is 23.9 Å². The monoisotopic (exact) mass is 466 g/mol. The Balaban J connectivity index is 1.66. The van der Waals surface area contributed by atoms with Crippen LogP contribution in [0.4, 0.5) is 9.18 Å². The molecule has 2 heterocycles. The van der Waals surface area contributed by atoms with Gasteiger partial charge in [0.25, 0.3) is 0 Å². The Kier molecular flexibility index (Phi) is 7.53. The molecule has 2 saturated heterocycles. The van der Waals surface area contributed by atoms with Gasteiger partial charge in [-0.25, -0.2) is 14.0 Å². The van der Waals surface area contributed by atoms with Crippen molar-refractivity contribution in [1.82, 2.24) is 20.4 Å². The topological polar surface area (TPSA) is 128 Å². The first-order valence-electron chi connectivity index (χ1n) is 11.1. The molecule has 0 aromatic rings. The molecule has 2 atom stereocenters. The normalized spacial score (nSPS) is 25.0. The fourth-order valence-corrected chi connectivity index (χ4v) is 4.15. The van der Waals surface area contributed by atoms with E-state index in [1.54, 1.807) is 25.7 Å². The number of piperidine rings is 1. The van der Waals surface area contributed by atoms with Gasteiger partial charge in [-0.15, -0.1) is 0 Å². The zero-order chi connectivity index (χ0) is 24.3. The Morgan fingerprint density at radius 2 is 1.91 bits per heavy atom. The van der Waals surface area contributed by atoms with E-state index in [9.17, 15) is 24.3 Å². The second-order valence-corrected chi connectivity index (χ2v) is 9.39. The molecule has 0 spiro atoms. The standard InChI is InChI=1S/C22H31FN4O6/c1-22(2,3)33-21(32)27-10-8-26(9-11-27)16-6-4-13(20(30)31)14(18(16)23)12-24-15-5-7-17(28)25-19(15)29/h4,15-16,24H,5-12H2,1-3H3,(H,30,31)(H,25,28,29). The van der Waals surface area contributed by atoms with E-state index in [1.807, 2.05) is 4.90 Å². The summed E-state index contributed by atoms with van der Waals surface area (Å²) in [7, 11) is 0. The molecule has 2 unspecified atom stereocenters. The number of carbonyl (C=O) groups excluding carboxylic acids is 3. The molecule has 0 bridgehead atoms. The number of ether oxygens (including phenoxy) is 1. The number of rotatable bonds is 5. The molecule has 3 amide bonds. The van der Waals surface area contributed by atoms with Gasteiger partial charge in [0.2, 0.25) is 11.8 Å². The van der Waals surface area contributed by atoms with Crippen LogP contribution >= 0.6 is 0 Å². The number of aliphatic carboxylic acids is 1. The van der Waals surface area contributed by atoms with Gasteiger partial charge in [0.1, 0.15) is 11.4 Å². The number of hydrogen-bond donors (Lipinski definition) is 3. The van der Waals surface area contributed by atoms with Crippen molar-refractivity contribution in [3.05, 3.63) is 23.0 Å². The lowest BCUT2D eigenvalue weighted by molar-refractivity contribution is -0.135. The zero-order valence-electron chi connectivity index (χ0n) is 19.1. The maximum absolute atomic E-state index is 15.5.